The molecule has 1 amide bonds. The summed E-state index contributed by atoms with van der Waals surface area (Å²) in [6.07, 6.45) is 7.57. The summed E-state index contributed by atoms with van der Waals surface area (Å²) >= 11 is 7.81. The maximum atomic E-state index is 12.6. The van der Waals surface area contributed by atoms with Crippen molar-refractivity contribution in [2.45, 2.75) is 33.6 Å². The van der Waals surface area contributed by atoms with E-state index in [0.717, 1.165) is 5.70 Å². The van der Waals surface area contributed by atoms with Gasteiger partial charge in [-0.15, -0.1) is 0 Å². The Morgan fingerprint density at radius 2 is 2.11 bits per heavy atom. The van der Waals surface area contributed by atoms with Crippen LogP contribution < -0.4 is 4.90 Å². The maximum Gasteiger partial charge on any atom is 0.306 e. The molecule has 0 radical (unpaired) electrons. The summed E-state index contributed by atoms with van der Waals surface area (Å²) in [7, 11) is 0. The van der Waals surface area contributed by atoms with Gasteiger partial charge in [0.1, 0.15) is 5.69 Å². The lowest BCUT2D eigenvalue weighted by Crippen LogP contribution is -2.30. The molecule has 0 atom stereocenters. The van der Waals surface area contributed by atoms with Gasteiger partial charge in [-0.3, -0.25) is 14.6 Å². The van der Waals surface area contributed by atoms with Gasteiger partial charge in [0.15, 0.2) is 5.15 Å². The van der Waals surface area contributed by atoms with Gasteiger partial charge in [0.2, 0.25) is 5.91 Å². The van der Waals surface area contributed by atoms with Crippen molar-refractivity contribution < 1.29 is 14.3 Å². The van der Waals surface area contributed by atoms with Crippen LogP contribution in [0, 0.1) is 0 Å². The number of carbonyl (C=O) groups excluding carboxylic acids is 2. The van der Waals surface area contributed by atoms with E-state index in [0.29, 0.717) is 43.2 Å². The van der Waals surface area contributed by atoms with Gasteiger partial charge in [0.25, 0.3) is 0 Å². The fourth-order valence-corrected chi connectivity index (χ4v) is 3.36. The molecule has 0 N–H and O–H groups in total. The lowest BCUT2D eigenvalue weighted by atomic mass is 10.3. The van der Waals surface area contributed by atoms with E-state index < -0.39 is 0 Å². The van der Waals surface area contributed by atoms with Gasteiger partial charge in [-0.1, -0.05) is 11.6 Å². The number of esters is 1. The number of carbonyl (C=O) groups is 2. The van der Waals surface area contributed by atoms with Crippen LogP contribution in [-0.4, -0.2) is 53.0 Å². The number of anilines is 1. The quantitative estimate of drug-likeness (QED) is 0.218. The van der Waals surface area contributed by atoms with E-state index in [2.05, 4.69) is 16.8 Å². The van der Waals surface area contributed by atoms with Crippen LogP contribution in [0.4, 0.5) is 5.69 Å². The van der Waals surface area contributed by atoms with Crippen molar-refractivity contribution in [1.29, 1.82) is 0 Å². The summed E-state index contributed by atoms with van der Waals surface area (Å²) in [5.74, 6) is 1.01. The Morgan fingerprint density at radius 1 is 1.39 bits per heavy atom. The zero-order chi connectivity index (χ0) is 20.9. The number of thioether (sulfide) groups is 1. The average molecular weight is 427 g/mol. The Hall–Kier alpha value is -2.06. The molecular formula is C19H27ClN4O3S. The number of nitrogens with zero attached hydrogens (tertiary/aromatic N) is 4. The molecule has 0 saturated carbocycles. The molecule has 7 nitrogen and oxygen atoms in total. The van der Waals surface area contributed by atoms with Gasteiger partial charge in [-0.2, -0.15) is 16.9 Å². The van der Waals surface area contributed by atoms with Gasteiger partial charge in [0.05, 0.1) is 19.2 Å². The first-order valence-corrected chi connectivity index (χ1v) is 10.6. The second-order valence-electron chi connectivity index (χ2n) is 5.64. The van der Waals surface area contributed by atoms with Crippen LogP contribution in [0.1, 0.15) is 33.6 Å². The lowest BCUT2D eigenvalue weighted by Gasteiger charge is -2.19. The summed E-state index contributed by atoms with van der Waals surface area (Å²) in [4.78, 5) is 29.2. The molecule has 0 aliphatic rings. The molecule has 1 aromatic rings. The molecule has 0 saturated heterocycles. The summed E-state index contributed by atoms with van der Waals surface area (Å²) in [6, 6.07) is 0. The minimum atomic E-state index is -0.210. The molecule has 0 aromatic carbocycles. The molecule has 154 valence electrons. The van der Waals surface area contributed by atoms with E-state index in [-0.39, 0.29) is 17.0 Å². The molecule has 0 bridgehead atoms. The second-order valence-corrected chi connectivity index (χ2v) is 7.22. The summed E-state index contributed by atoms with van der Waals surface area (Å²) in [5, 5.41) is 4.54. The van der Waals surface area contributed by atoms with Crippen molar-refractivity contribution in [2.75, 3.05) is 29.6 Å². The van der Waals surface area contributed by atoms with Crippen LogP contribution in [0.3, 0.4) is 0 Å². The SMILES string of the molecule is C=N/C=C\C=C(/C)n1cc(N(CC)C(=O)CCSCCC(=O)OCC)c(Cl)n1. The third kappa shape index (κ3) is 7.90. The maximum absolute atomic E-state index is 12.6. The zero-order valence-corrected chi connectivity index (χ0v) is 18.1. The van der Waals surface area contributed by atoms with Crippen molar-refractivity contribution in [3.8, 4) is 0 Å². The van der Waals surface area contributed by atoms with Crippen molar-refractivity contribution >= 4 is 53.3 Å². The molecule has 0 fully saturated rings. The number of amides is 1. The van der Waals surface area contributed by atoms with Crippen LogP contribution in [0.2, 0.25) is 5.15 Å². The van der Waals surface area contributed by atoms with Crippen LogP contribution in [0.25, 0.3) is 5.70 Å². The fraction of sp³-hybridized carbons (Fsp3) is 0.474. The number of rotatable bonds is 12. The number of allylic oxidation sites excluding steroid dienone is 3. The third-order valence-corrected chi connectivity index (χ3v) is 4.92. The van der Waals surface area contributed by atoms with Gasteiger partial charge < -0.3 is 9.64 Å². The number of hydrogen-bond donors (Lipinski definition) is 0. The highest BCUT2D eigenvalue weighted by atomic mass is 35.5. The number of ether oxygens (including phenoxy) is 1. The Labute approximate surface area is 175 Å². The predicted molar refractivity (Wildman–Crippen MR) is 117 cm³/mol. The highest BCUT2D eigenvalue weighted by molar-refractivity contribution is 7.99. The van der Waals surface area contributed by atoms with E-state index >= 15 is 0 Å². The van der Waals surface area contributed by atoms with Gasteiger partial charge in [0, 0.05) is 36.4 Å². The largest absolute Gasteiger partial charge is 0.466 e. The molecule has 0 unspecified atom stereocenters. The molecule has 0 spiro atoms. The monoisotopic (exact) mass is 426 g/mol. The van der Waals surface area contributed by atoms with Crippen LogP contribution >= 0.6 is 23.4 Å². The molecule has 1 rings (SSSR count). The molecule has 1 heterocycles. The zero-order valence-electron chi connectivity index (χ0n) is 16.6. The molecular weight excluding hydrogens is 400 g/mol. The summed E-state index contributed by atoms with van der Waals surface area (Å²) in [5.41, 5.74) is 1.40. The second kappa shape index (κ2) is 13.2. The Kier molecular flexibility index (Phi) is 11.3. The van der Waals surface area contributed by atoms with E-state index in [1.54, 1.807) is 46.7 Å². The standard InChI is InChI=1S/C19H27ClN4O3S/c1-5-23(17(25)9-12-28-13-10-18(26)27-6-2)16-14-24(22-19(16)20)15(3)8-7-11-21-4/h7-8,11,14H,4-6,9-10,12-13H2,1-3H3/b11-7-,15-8+. The minimum Gasteiger partial charge on any atom is -0.466 e. The number of hydrogen-bond acceptors (Lipinski definition) is 6. The third-order valence-electron chi connectivity index (χ3n) is 3.67. The van der Waals surface area contributed by atoms with E-state index in [1.165, 1.54) is 0 Å². The van der Waals surface area contributed by atoms with Crippen LogP contribution in [0.15, 0.2) is 29.5 Å². The van der Waals surface area contributed by atoms with Crippen LogP contribution in [0.5, 0.6) is 0 Å². The Bertz CT molecular complexity index is 731. The first-order valence-electron chi connectivity index (χ1n) is 9.03. The van der Waals surface area contributed by atoms with Crippen molar-refractivity contribution in [1.82, 2.24) is 9.78 Å². The minimum absolute atomic E-state index is 0.0371. The topological polar surface area (TPSA) is 76.8 Å². The highest BCUT2D eigenvalue weighted by Gasteiger charge is 2.20. The summed E-state index contributed by atoms with van der Waals surface area (Å²) < 4.78 is 6.50. The fourth-order valence-electron chi connectivity index (χ4n) is 2.29. The number of aromatic nitrogens is 2. The van der Waals surface area contributed by atoms with Crippen molar-refractivity contribution in [3.05, 3.63) is 29.7 Å². The first kappa shape index (κ1) is 24.0. The molecule has 0 aliphatic carbocycles. The molecule has 1 aromatic heterocycles. The predicted octanol–water partition coefficient (Wildman–Crippen LogP) is 4.04. The van der Waals surface area contributed by atoms with Crippen molar-refractivity contribution in [3.63, 3.8) is 0 Å². The highest BCUT2D eigenvalue weighted by Crippen LogP contribution is 2.26. The summed E-state index contributed by atoms with van der Waals surface area (Å²) in [6.45, 7) is 9.79. The average Bonchev–Trinajstić information content (AvgIpc) is 3.04. The van der Waals surface area contributed by atoms with Gasteiger partial charge in [-0.25, -0.2) is 4.68 Å². The van der Waals surface area contributed by atoms with Gasteiger partial charge in [-0.05, 0) is 39.6 Å². The van der Waals surface area contributed by atoms with Crippen LogP contribution in [-0.2, 0) is 14.3 Å². The Morgan fingerprint density at radius 3 is 2.75 bits per heavy atom. The Balaban J connectivity index is 2.65. The molecule has 28 heavy (non-hydrogen) atoms. The van der Waals surface area contributed by atoms with E-state index in [9.17, 15) is 9.59 Å². The molecule has 0 aliphatic heterocycles. The number of aliphatic imine (C=N–C) groups is 1. The first-order chi connectivity index (χ1) is 13.4. The molecule has 9 heteroatoms. The normalized spacial score (nSPS) is 11.6. The smallest absolute Gasteiger partial charge is 0.306 e. The van der Waals surface area contributed by atoms with E-state index in [1.807, 2.05) is 19.9 Å². The lowest BCUT2D eigenvalue weighted by molar-refractivity contribution is -0.142. The van der Waals surface area contributed by atoms with Gasteiger partial charge >= 0.3 is 5.97 Å². The van der Waals surface area contributed by atoms with E-state index in [4.69, 9.17) is 16.3 Å². The van der Waals surface area contributed by atoms with Crippen molar-refractivity contribution in [2.24, 2.45) is 4.99 Å². The number of halogens is 1.